The van der Waals surface area contributed by atoms with Crippen molar-refractivity contribution in [2.45, 2.75) is 24.8 Å². The van der Waals surface area contributed by atoms with Gasteiger partial charge >= 0.3 is 0 Å². The van der Waals surface area contributed by atoms with Gasteiger partial charge in [-0.15, -0.1) is 0 Å². The maximum absolute atomic E-state index is 12.9. The number of aromatic nitrogens is 1. The number of hydrogen-bond acceptors (Lipinski definition) is 4. The number of rotatable bonds is 7. The highest BCUT2D eigenvalue weighted by molar-refractivity contribution is 7.91. The van der Waals surface area contributed by atoms with Crippen molar-refractivity contribution in [1.29, 1.82) is 0 Å². The molecule has 0 spiro atoms. The molecule has 1 heterocycles. The number of aromatic amines is 1. The van der Waals surface area contributed by atoms with E-state index in [0.717, 1.165) is 22.0 Å². The molecule has 0 fully saturated rings. The van der Waals surface area contributed by atoms with E-state index in [1.807, 2.05) is 48.5 Å². The molecule has 1 aliphatic rings. The maximum atomic E-state index is 12.9. The van der Waals surface area contributed by atoms with E-state index >= 15 is 0 Å². The molecular formula is C22H24N2O4S. The molecule has 0 bridgehead atoms. The first-order valence-corrected chi connectivity index (χ1v) is 11.6. The molecule has 3 aromatic rings. The van der Waals surface area contributed by atoms with Gasteiger partial charge in [0, 0.05) is 29.5 Å². The maximum Gasteiger partial charge on any atom is 0.267 e. The van der Waals surface area contributed by atoms with Crippen LogP contribution in [-0.4, -0.2) is 48.6 Å². The van der Waals surface area contributed by atoms with E-state index in [1.165, 1.54) is 0 Å². The number of carbonyl (C=O) groups is 1. The summed E-state index contributed by atoms with van der Waals surface area (Å²) in [6.45, 7) is -0.152. The second-order valence-electron chi connectivity index (χ2n) is 7.55. The summed E-state index contributed by atoms with van der Waals surface area (Å²) in [5.41, 5.74) is 3.39. The summed E-state index contributed by atoms with van der Waals surface area (Å²) < 4.78 is 25.1. The summed E-state index contributed by atoms with van der Waals surface area (Å²) in [7, 11) is -3.34. The van der Waals surface area contributed by atoms with Crippen LogP contribution in [0.2, 0.25) is 0 Å². The number of fused-ring (bicyclic) bond motifs is 2. The lowest BCUT2D eigenvalue weighted by atomic mass is 10.0. The first kappa shape index (κ1) is 19.7. The van der Waals surface area contributed by atoms with Crippen molar-refractivity contribution < 1.29 is 18.3 Å². The molecule has 29 heavy (non-hydrogen) atoms. The summed E-state index contributed by atoms with van der Waals surface area (Å²) in [5.74, 6) is -0.632. The number of aliphatic hydroxyl groups excluding tert-OH is 1. The van der Waals surface area contributed by atoms with Crippen LogP contribution < -0.4 is 5.32 Å². The van der Waals surface area contributed by atoms with Crippen molar-refractivity contribution in [1.82, 2.24) is 10.3 Å². The molecule has 0 saturated carbocycles. The number of carbonyl (C=O) groups excluding carboxylic acids is 1. The monoisotopic (exact) mass is 412 g/mol. The minimum absolute atomic E-state index is 0.0400. The fraction of sp³-hybridized carbons (Fsp3) is 0.318. The topological polar surface area (TPSA) is 99.3 Å². The summed E-state index contributed by atoms with van der Waals surface area (Å²) in [6.07, 6.45) is 0.825. The third kappa shape index (κ3) is 4.21. The average Bonchev–Trinajstić information content (AvgIpc) is 3.28. The highest BCUT2D eigenvalue weighted by Crippen LogP contribution is 2.35. The smallest absolute Gasteiger partial charge is 0.267 e. The lowest BCUT2D eigenvalue weighted by Gasteiger charge is -2.21. The van der Waals surface area contributed by atoms with Gasteiger partial charge in [0.05, 0.1) is 11.5 Å². The van der Waals surface area contributed by atoms with Gasteiger partial charge in [0.1, 0.15) is 5.69 Å². The van der Waals surface area contributed by atoms with E-state index in [0.29, 0.717) is 12.1 Å². The Morgan fingerprint density at radius 2 is 1.90 bits per heavy atom. The first-order chi connectivity index (χ1) is 14.0. The highest BCUT2D eigenvalue weighted by atomic mass is 32.2. The second kappa shape index (κ2) is 8.00. The third-order valence-electron chi connectivity index (χ3n) is 5.52. The van der Waals surface area contributed by atoms with Crippen molar-refractivity contribution >= 4 is 26.6 Å². The zero-order valence-electron chi connectivity index (χ0n) is 16.0. The predicted octanol–water partition coefficient (Wildman–Crippen LogP) is 2.40. The van der Waals surface area contributed by atoms with Gasteiger partial charge < -0.3 is 15.4 Å². The largest absolute Gasteiger partial charge is 0.396 e. The Morgan fingerprint density at radius 3 is 2.69 bits per heavy atom. The number of benzene rings is 2. The van der Waals surface area contributed by atoms with Crippen molar-refractivity contribution in [2.24, 2.45) is 0 Å². The molecule has 2 atom stereocenters. The molecule has 0 saturated heterocycles. The van der Waals surface area contributed by atoms with Crippen molar-refractivity contribution in [3.05, 3.63) is 71.4 Å². The van der Waals surface area contributed by atoms with Gasteiger partial charge in [0.15, 0.2) is 9.84 Å². The average molecular weight is 413 g/mol. The van der Waals surface area contributed by atoms with Gasteiger partial charge in [-0.25, -0.2) is 8.42 Å². The molecule has 152 valence electrons. The number of amides is 1. The van der Waals surface area contributed by atoms with Crippen LogP contribution in [0.4, 0.5) is 0 Å². The normalized spacial score (nSPS) is 18.7. The Morgan fingerprint density at radius 1 is 1.14 bits per heavy atom. The Bertz CT molecular complexity index is 1100. The van der Waals surface area contributed by atoms with Crippen LogP contribution in [0.25, 0.3) is 10.9 Å². The molecule has 0 radical (unpaired) electrons. The molecule has 1 aromatic heterocycles. The van der Waals surface area contributed by atoms with Gasteiger partial charge in [0.25, 0.3) is 5.91 Å². The van der Waals surface area contributed by atoms with Crippen LogP contribution in [0.3, 0.4) is 0 Å². The van der Waals surface area contributed by atoms with Crippen molar-refractivity contribution in [3.8, 4) is 0 Å². The molecule has 1 aliphatic carbocycles. The van der Waals surface area contributed by atoms with Gasteiger partial charge in [0.2, 0.25) is 0 Å². The zero-order valence-corrected chi connectivity index (χ0v) is 16.8. The number of H-pyrrole nitrogens is 1. The van der Waals surface area contributed by atoms with Crippen LogP contribution in [0, 0.1) is 0 Å². The predicted molar refractivity (Wildman–Crippen MR) is 113 cm³/mol. The van der Waals surface area contributed by atoms with Crippen LogP contribution >= 0.6 is 0 Å². The van der Waals surface area contributed by atoms with E-state index in [2.05, 4.69) is 10.3 Å². The quantitative estimate of drug-likeness (QED) is 0.555. The second-order valence-corrected chi connectivity index (χ2v) is 9.78. The van der Waals surface area contributed by atoms with Crippen LogP contribution in [-0.2, 0) is 16.3 Å². The van der Waals surface area contributed by atoms with E-state index in [1.54, 1.807) is 6.07 Å². The number of nitrogens with one attached hydrogen (secondary N) is 2. The molecule has 4 rings (SSSR count). The van der Waals surface area contributed by atoms with Crippen molar-refractivity contribution in [2.75, 3.05) is 18.1 Å². The number of para-hydroxylation sites is 1. The lowest BCUT2D eigenvalue weighted by Crippen LogP contribution is -2.40. The fourth-order valence-electron chi connectivity index (χ4n) is 4.12. The van der Waals surface area contributed by atoms with Crippen LogP contribution in [0.5, 0.6) is 0 Å². The summed E-state index contributed by atoms with van der Waals surface area (Å²) in [4.78, 5) is 16.0. The molecular weight excluding hydrogens is 388 g/mol. The summed E-state index contributed by atoms with van der Waals surface area (Å²) >= 11 is 0. The Labute approximate surface area is 169 Å². The third-order valence-corrected chi connectivity index (χ3v) is 7.30. The first-order valence-electron chi connectivity index (χ1n) is 9.74. The number of hydrogen-bond donors (Lipinski definition) is 3. The fourth-order valence-corrected chi connectivity index (χ4v) is 5.81. The van der Waals surface area contributed by atoms with Crippen LogP contribution in [0.15, 0.2) is 54.6 Å². The molecule has 0 unspecified atom stereocenters. The minimum atomic E-state index is -3.34. The van der Waals surface area contributed by atoms with E-state index in [9.17, 15) is 13.2 Å². The summed E-state index contributed by atoms with van der Waals surface area (Å²) in [6, 6.07) is 16.9. The standard InChI is InChI=1S/C22H24N2O4S/c25-10-5-11-29(27,28)14-18-17-8-3-1-6-15(17)12-20(18)24-22(26)21-13-16-7-2-4-9-19(16)23-21/h1-4,6-9,13,18,20,23,25H,5,10-12,14H2,(H,24,26)/t18-,20+/m0/s1. The van der Waals surface area contributed by atoms with Gasteiger partial charge in [-0.2, -0.15) is 0 Å². The highest BCUT2D eigenvalue weighted by Gasteiger charge is 2.36. The minimum Gasteiger partial charge on any atom is -0.396 e. The van der Waals surface area contributed by atoms with Crippen molar-refractivity contribution in [3.63, 3.8) is 0 Å². The molecule has 6 nitrogen and oxygen atoms in total. The molecule has 7 heteroatoms. The van der Waals surface area contributed by atoms with Gasteiger partial charge in [-0.05, 0) is 36.1 Å². The summed E-state index contributed by atoms with van der Waals surface area (Å²) in [5, 5.41) is 13.0. The molecule has 3 N–H and O–H groups in total. The zero-order chi connectivity index (χ0) is 20.4. The molecule has 0 aliphatic heterocycles. The van der Waals surface area contributed by atoms with Gasteiger partial charge in [-0.1, -0.05) is 42.5 Å². The Kier molecular flexibility index (Phi) is 5.43. The lowest BCUT2D eigenvalue weighted by molar-refractivity contribution is 0.0930. The van der Waals surface area contributed by atoms with Crippen LogP contribution in [0.1, 0.15) is 34.0 Å². The van der Waals surface area contributed by atoms with E-state index < -0.39 is 9.84 Å². The molecule has 2 aromatic carbocycles. The molecule has 1 amide bonds. The van der Waals surface area contributed by atoms with E-state index in [4.69, 9.17) is 5.11 Å². The Balaban J connectivity index is 1.57. The number of sulfone groups is 1. The number of aliphatic hydroxyl groups is 1. The van der Waals surface area contributed by atoms with Gasteiger partial charge in [-0.3, -0.25) is 4.79 Å². The Hall–Kier alpha value is -2.64. The SMILES string of the molecule is O=C(N[C@@H]1Cc2ccccc2[C@@H]1CS(=O)(=O)CCCO)c1cc2ccccc2[nH]1. The van der Waals surface area contributed by atoms with E-state index in [-0.39, 0.29) is 42.4 Å².